The first kappa shape index (κ1) is 27.6. The van der Waals surface area contributed by atoms with E-state index < -0.39 is 17.9 Å². The lowest BCUT2D eigenvalue weighted by Gasteiger charge is -2.30. The van der Waals surface area contributed by atoms with E-state index in [1.165, 1.54) is 0 Å². The number of fused-ring (bicyclic) bond motifs is 1. The van der Waals surface area contributed by atoms with Crippen molar-refractivity contribution in [3.05, 3.63) is 89.3 Å². The molecule has 3 N–H and O–H groups in total. The van der Waals surface area contributed by atoms with Crippen molar-refractivity contribution in [1.29, 1.82) is 0 Å². The third kappa shape index (κ3) is 6.01. The van der Waals surface area contributed by atoms with Gasteiger partial charge >= 0.3 is 5.97 Å². The number of nitrogens with one attached hydrogen (secondary N) is 3. The molecule has 0 bridgehead atoms. The van der Waals surface area contributed by atoms with Crippen LogP contribution in [0.25, 0.3) is 10.9 Å². The summed E-state index contributed by atoms with van der Waals surface area (Å²) in [4.78, 5) is 25.3. The van der Waals surface area contributed by atoms with E-state index in [9.17, 15) is 9.59 Å². The Kier molecular flexibility index (Phi) is 8.77. The van der Waals surface area contributed by atoms with Gasteiger partial charge in [0.05, 0.1) is 24.4 Å². The number of nitrogens with zero attached hydrogens (tertiary/aromatic N) is 2. The molecule has 39 heavy (non-hydrogen) atoms. The van der Waals surface area contributed by atoms with E-state index in [-0.39, 0.29) is 13.2 Å². The van der Waals surface area contributed by atoms with Gasteiger partial charge < -0.3 is 24.7 Å². The van der Waals surface area contributed by atoms with Gasteiger partial charge in [0.15, 0.2) is 11.7 Å². The highest BCUT2D eigenvalue weighted by Gasteiger charge is 2.32. The Morgan fingerprint density at radius 2 is 1.92 bits per heavy atom. The van der Waals surface area contributed by atoms with E-state index in [4.69, 9.17) is 21.7 Å². The summed E-state index contributed by atoms with van der Waals surface area (Å²) in [5.74, 6) is -0.467. The van der Waals surface area contributed by atoms with E-state index in [2.05, 4.69) is 32.3 Å². The highest BCUT2D eigenvalue weighted by molar-refractivity contribution is 7.80. The fourth-order valence-electron chi connectivity index (χ4n) is 4.59. The average Bonchev–Trinajstić information content (AvgIpc) is 3.18. The predicted molar refractivity (Wildman–Crippen MR) is 155 cm³/mol. The number of carbonyl (C=O) groups is 2. The summed E-state index contributed by atoms with van der Waals surface area (Å²) in [5.41, 5.74) is 7.17. The van der Waals surface area contributed by atoms with Crippen LogP contribution in [0, 0.1) is 6.92 Å². The van der Waals surface area contributed by atoms with Gasteiger partial charge in [0.1, 0.15) is 5.75 Å². The highest BCUT2D eigenvalue weighted by atomic mass is 32.1. The molecule has 1 aliphatic rings. The van der Waals surface area contributed by atoms with Gasteiger partial charge in [-0.3, -0.25) is 4.79 Å². The van der Waals surface area contributed by atoms with Crippen LogP contribution in [-0.2, 0) is 20.9 Å². The van der Waals surface area contributed by atoms with Gasteiger partial charge in [-0.1, -0.05) is 42.5 Å². The van der Waals surface area contributed by atoms with Crippen molar-refractivity contribution < 1.29 is 19.1 Å². The van der Waals surface area contributed by atoms with Crippen LogP contribution in [0.3, 0.4) is 0 Å². The molecular formula is C29H31N5O4S. The van der Waals surface area contributed by atoms with Crippen molar-refractivity contribution in [2.45, 2.75) is 33.4 Å². The lowest BCUT2D eigenvalue weighted by Crippen LogP contribution is -2.45. The zero-order chi connectivity index (χ0) is 27.9. The second-order valence-corrected chi connectivity index (χ2v) is 9.23. The second kappa shape index (κ2) is 12.4. The monoisotopic (exact) mass is 545 g/mol. The number of hydrazone groups is 1. The van der Waals surface area contributed by atoms with Crippen molar-refractivity contribution in [2.75, 3.05) is 13.2 Å². The minimum atomic E-state index is -0.606. The molecule has 10 heteroatoms. The Labute approximate surface area is 232 Å². The van der Waals surface area contributed by atoms with Crippen LogP contribution in [-0.4, -0.2) is 41.0 Å². The fourth-order valence-corrected chi connectivity index (χ4v) is 4.86. The number of benzene rings is 2. The average molecular weight is 546 g/mol. The molecule has 0 saturated heterocycles. The lowest BCUT2D eigenvalue weighted by molar-refractivity contribution is -0.139. The lowest BCUT2D eigenvalue weighted by atomic mass is 9.95. The van der Waals surface area contributed by atoms with Gasteiger partial charge in [-0.15, -0.1) is 6.58 Å². The first-order chi connectivity index (χ1) is 18.8. The molecule has 0 saturated carbocycles. The first-order valence-electron chi connectivity index (χ1n) is 12.5. The predicted octanol–water partition coefficient (Wildman–Crippen LogP) is 4.02. The molecule has 1 atom stereocenters. The molecule has 0 unspecified atom stereocenters. The van der Waals surface area contributed by atoms with Crippen LogP contribution in [0.5, 0.6) is 5.75 Å². The van der Waals surface area contributed by atoms with E-state index in [0.717, 1.165) is 22.2 Å². The number of aromatic nitrogens is 1. The van der Waals surface area contributed by atoms with Gasteiger partial charge in [0.25, 0.3) is 5.91 Å². The Morgan fingerprint density at radius 1 is 1.18 bits per heavy atom. The number of allylic oxidation sites excluding steroid dienone is 2. The van der Waals surface area contributed by atoms with Gasteiger partial charge in [-0.25, -0.2) is 10.2 Å². The molecular weight excluding hydrogens is 514 g/mol. The number of hydrogen-bond acceptors (Lipinski definition) is 6. The van der Waals surface area contributed by atoms with Crippen LogP contribution in [0.1, 0.15) is 36.7 Å². The molecule has 1 aromatic heterocycles. The smallest absolute Gasteiger partial charge is 0.338 e. The quantitative estimate of drug-likeness (QED) is 0.116. The van der Waals surface area contributed by atoms with E-state index in [1.807, 2.05) is 49.4 Å². The van der Waals surface area contributed by atoms with Crippen LogP contribution in [0.4, 0.5) is 0 Å². The van der Waals surface area contributed by atoms with E-state index in [1.54, 1.807) is 32.2 Å². The summed E-state index contributed by atoms with van der Waals surface area (Å²) in [7, 11) is 0. The Hall–Kier alpha value is -4.44. The third-order valence-corrected chi connectivity index (χ3v) is 6.55. The molecule has 0 spiro atoms. The topological polar surface area (TPSA) is 106 Å². The summed E-state index contributed by atoms with van der Waals surface area (Å²) in [6.45, 7) is 9.99. The third-order valence-electron chi connectivity index (χ3n) is 6.33. The molecule has 9 nitrogen and oxygen atoms in total. The van der Waals surface area contributed by atoms with Crippen LogP contribution in [0.2, 0.25) is 0 Å². The largest absolute Gasteiger partial charge is 0.483 e. The maximum Gasteiger partial charge on any atom is 0.338 e. The zero-order valence-electron chi connectivity index (χ0n) is 22.1. The van der Waals surface area contributed by atoms with Gasteiger partial charge in [-0.05, 0) is 45.1 Å². The molecule has 1 aliphatic heterocycles. The van der Waals surface area contributed by atoms with Crippen molar-refractivity contribution in [3.63, 3.8) is 0 Å². The molecule has 2 aromatic carbocycles. The maximum atomic E-state index is 12.7. The van der Waals surface area contributed by atoms with Crippen LogP contribution < -0.4 is 20.8 Å². The molecule has 0 radical (unpaired) electrons. The van der Waals surface area contributed by atoms with Gasteiger partial charge in [0.2, 0.25) is 0 Å². The Bertz CT molecular complexity index is 1490. The molecule has 1 amide bonds. The van der Waals surface area contributed by atoms with Crippen LogP contribution >= 0.6 is 12.2 Å². The molecule has 0 aliphatic carbocycles. The van der Waals surface area contributed by atoms with Crippen molar-refractivity contribution in [1.82, 2.24) is 20.6 Å². The molecule has 202 valence electrons. The van der Waals surface area contributed by atoms with E-state index in [0.29, 0.717) is 34.2 Å². The number of carbonyl (C=O) groups excluding carboxylic acids is 2. The zero-order valence-corrected chi connectivity index (χ0v) is 22.9. The molecule has 3 aromatic rings. The number of rotatable bonds is 10. The number of ether oxygens (including phenoxy) is 2. The minimum absolute atomic E-state index is 0.236. The molecule has 4 rings (SSSR count). The summed E-state index contributed by atoms with van der Waals surface area (Å²) in [6, 6.07) is 14.6. The standard InChI is InChI=1S/C29H31N5O4S/c1-5-15-34-19(4)22(20-11-7-9-13-23(20)34)16-30-33-25(35)17-38-24-14-10-8-12-21(24)27-26(28(36)37-6-2)18(3)31-29(39)32-27/h5,7-14,16,27H,1,6,15,17H2,2-4H3,(H,33,35)(H2,31,32,39)/t27-/m0/s1. The Morgan fingerprint density at radius 3 is 2.69 bits per heavy atom. The number of hydrogen-bond donors (Lipinski definition) is 3. The first-order valence-corrected chi connectivity index (χ1v) is 12.9. The second-order valence-electron chi connectivity index (χ2n) is 8.83. The summed E-state index contributed by atoms with van der Waals surface area (Å²) in [6.07, 6.45) is 3.49. The maximum absolute atomic E-state index is 12.7. The van der Waals surface area contributed by atoms with E-state index >= 15 is 0 Å². The Balaban J connectivity index is 1.48. The summed E-state index contributed by atoms with van der Waals surface area (Å²) in [5, 5.41) is 11.7. The summed E-state index contributed by atoms with van der Waals surface area (Å²) < 4.78 is 13.3. The minimum Gasteiger partial charge on any atom is -0.483 e. The SMILES string of the molecule is C=CCn1c(C)c(C=NNC(=O)COc2ccccc2[C@@H]2NC(=S)NC(C)=C2C(=O)OCC)c2ccccc21. The molecule has 0 fully saturated rings. The molecule has 2 heterocycles. The fraction of sp³-hybridized carbons (Fsp3) is 0.241. The number of esters is 1. The van der Waals surface area contributed by atoms with Crippen LogP contribution in [0.15, 0.2) is 77.6 Å². The highest BCUT2D eigenvalue weighted by Crippen LogP contribution is 2.33. The number of thiocarbonyl (C=S) groups is 1. The number of para-hydroxylation sites is 2. The van der Waals surface area contributed by atoms with Gasteiger partial charge in [0, 0.05) is 40.0 Å². The normalized spacial score (nSPS) is 15.2. The van der Waals surface area contributed by atoms with Gasteiger partial charge in [-0.2, -0.15) is 5.10 Å². The summed E-state index contributed by atoms with van der Waals surface area (Å²) >= 11 is 5.32. The van der Waals surface area contributed by atoms with Crippen molar-refractivity contribution in [3.8, 4) is 5.75 Å². The number of amides is 1. The van der Waals surface area contributed by atoms with Crippen molar-refractivity contribution >= 4 is 46.3 Å². The van der Waals surface area contributed by atoms with Crippen molar-refractivity contribution in [2.24, 2.45) is 5.10 Å².